The maximum absolute atomic E-state index is 13.8. The number of benzene rings is 2. The van der Waals surface area contributed by atoms with Crippen LogP contribution in [0.25, 0.3) is 0 Å². The van der Waals surface area contributed by atoms with E-state index in [0.29, 0.717) is 17.5 Å². The van der Waals surface area contributed by atoms with Gasteiger partial charge in [0.15, 0.2) is 0 Å². The highest BCUT2D eigenvalue weighted by molar-refractivity contribution is 5.77. The molecule has 0 bridgehead atoms. The van der Waals surface area contributed by atoms with E-state index in [0.717, 1.165) is 12.8 Å². The van der Waals surface area contributed by atoms with E-state index in [-0.39, 0.29) is 36.5 Å². The van der Waals surface area contributed by atoms with Crippen LogP contribution in [-0.4, -0.2) is 16.8 Å². The van der Waals surface area contributed by atoms with Gasteiger partial charge in [0.1, 0.15) is 11.6 Å². The van der Waals surface area contributed by atoms with Crippen LogP contribution < -0.4 is 0 Å². The number of amides is 1. The molecule has 0 saturated heterocycles. The van der Waals surface area contributed by atoms with Gasteiger partial charge < -0.3 is 4.90 Å². The molecule has 23 heavy (non-hydrogen) atoms. The zero-order valence-corrected chi connectivity index (χ0v) is 12.8. The lowest BCUT2D eigenvalue weighted by atomic mass is 10.1. The first-order chi connectivity index (χ1) is 11.1. The lowest BCUT2D eigenvalue weighted by Gasteiger charge is -2.23. The normalized spacial score (nSPS) is 13.8. The van der Waals surface area contributed by atoms with Gasteiger partial charge >= 0.3 is 0 Å². The quantitative estimate of drug-likeness (QED) is 0.786. The van der Waals surface area contributed by atoms with Gasteiger partial charge in [-0.2, -0.15) is 0 Å². The fourth-order valence-corrected chi connectivity index (χ4v) is 2.70. The average Bonchev–Trinajstić information content (AvgIpc) is 3.38. The number of halogens is 2. The Labute approximate surface area is 134 Å². The second-order valence-corrected chi connectivity index (χ2v) is 5.94. The molecule has 1 aliphatic rings. The van der Waals surface area contributed by atoms with Crippen molar-refractivity contribution in [1.82, 2.24) is 4.90 Å². The number of nitrogens with zero attached hydrogens (tertiary/aromatic N) is 1. The monoisotopic (exact) mass is 315 g/mol. The van der Waals surface area contributed by atoms with Crippen molar-refractivity contribution in [1.29, 1.82) is 0 Å². The second kappa shape index (κ2) is 6.90. The molecule has 0 aromatic heterocycles. The molecule has 0 N–H and O–H groups in total. The molecule has 0 spiro atoms. The van der Waals surface area contributed by atoms with Crippen LogP contribution in [0, 0.1) is 11.6 Å². The number of hydrogen-bond donors (Lipinski definition) is 0. The van der Waals surface area contributed by atoms with Gasteiger partial charge in [-0.1, -0.05) is 36.4 Å². The molecular weight excluding hydrogens is 296 g/mol. The Morgan fingerprint density at radius 1 is 0.957 bits per heavy atom. The number of hydrogen-bond acceptors (Lipinski definition) is 1. The second-order valence-electron chi connectivity index (χ2n) is 5.94. The van der Waals surface area contributed by atoms with Gasteiger partial charge in [-0.3, -0.25) is 4.79 Å². The van der Waals surface area contributed by atoms with Crippen molar-refractivity contribution in [2.45, 2.75) is 38.3 Å². The Kier molecular flexibility index (Phi) is 4.70. The van der Waals surface area contributed by atoms with E-state index in [1.807, 2.05) is 0 Å². The summed E-state index contributed by atoms with van der Waals surface area (Å²) < 4.78 is 27.5. The average molecular weight is 315 g/mol. The number of aryl methyl sites for hydroxylation is 1. The fraction of sp³-hybridized carbons (Fsp3) is 0.316. The Morgan fingerprint density at radius 3 is 2.09 bits per heavy atom. The number of carbonyl (C=O) groups is 1. The van der Waals surface area contributed by atoms with E-state index in [2.05, 4.69) is 0 Å². The summed E-state index contributed by atoms with van der Waals surface area (Å²) in [5, 5.41) is 0. The molecule has 2 nitrogen and oxygen atoms in total. The minimum absolute atomic E-state index is 0.0426. The minimum atomic E-state index is -0.292. The molecule has 4 heteroatoms. The van der Waals surface area contributed by atoms with Crippen molar-refractivity contribution < 1.29 is 13.6 Å². The smallest absolute Gasteiger partial charge is 0.223 e. The van der Waals surface area contributed by atoms with Gasteiger partial charge in [-0.05, 0) is 37.0 Å². The summed E-state index contributed by atoms with van der Waals surface area (Å²) in [6.45, 7) is 0.285. The highest BCUT2D eigenvalue weighted by atomic mass is 19.1. The lowest BCUT2D eigenvalue weighted by Crippen LogP contribution is -2.33. The standard InChI is InChI=1S/C19H19F2NO/c20-17-7-3-1-5-14(17)9-12-19(23)22(16-10-11-16)13-15-6-2-4-8-18(15)21/h1-8,16H,9-13H2. The first-order valence-electron chi connectivity index (χ1n) is 7.91. The van der Waals surface area contributed by atoms with Crippen molar-refractivity contribution in [2.24, 2.45) is 0 Å². The van der Waals surface area contributed by atoms with Crippen molar-refractivity contribution in [3.05, 3.63) is 71.3 Å². The van der Waals surface area contributed by atoms with Crippen LogP contribution in [0.15, 0.2) is 48.5 Å². The molecule has 1 aliphatic carbocycles. The summed E-state index contributed by atoms with van der Waals surface area (Å²) in [4.78, 5) is 14.2. The summed E-state index contributed by atoms with van der Waals surface area (Å²) in [6.07, 6.45) is 2.53. The molecule has 0 unspecified atom stereocenters. The van der Waals surface area contributed by atoms with Crippen LogP contribution in [-0.2, 0) is 17.8 Å². The van der Waals surface area contributed by atoms with Gasteiger partial charge in [-0.25, -0.2) is 8.78 Å². The van der Waals surface area contributed by atoms with Crippen LogP contribution in [0.3, 0.4) is 0 Å². The van der Waals surface area contributed by atoms with Gasteiger partial charge in [0, 0.05) is 24.6 Å². The van der Waals surface area contributed by atoms with Crippen LogP contribution in [0.1, 0.15) is 30.4 Å². The Balaban J connectivity index is 1.65. The molecule has 2 aromatic carbocycles. The van der Waals surface area contributed by atoms with E-state index < -0.39 is 0 Å². The molecule has 120 valence electrons. The highest BCUT2D eigenvalue weighted by Crippen LogP contribution is 2.29. The number of rotatable bonds is 6. The zero-order valence-electron chi connectivity index (χ0n) is 12.8. The summed E-state index contributed by atoms with van der Waals surface area (Å²) >= 11 is 0. The van der Waals surface area contributed by atoms with E-state index >= 15 is 0 Å². The molecule has 0 radical (unpaired) electrons. The SMILES string of the molecule is O=C(CCc1ccccc1F)N(Cc1ccccc1F)C1CC1. The molecule has 1 saturated carbocycles. The van der Waals surface area contributed by atoms with Crippen molar-refractivity contribution in [3.63, 3.8) is 0 Å². The molecular formula is C19H19F2NO. The van der Waals surface area contributed by atoms with Gasteiger partial charge in [0.2, 0.25) is 5.91 Å². The van der Waals surface area contributed by atoms with E-state index in [9.17, 15) is 13.6 Å². The van der Waals surface area contributed by atoms with E-state index in [1.165, 1.54) is 12.1 Å². The topological polar surface area (TPSA) is 20.3 Å². The summed E-state index contributed by atoms with van der Waals surface area (Å²) in [6, 6.07) is 13.2. The first-order valence-corrected chi connectivity index (χ1v) is 7.91. The Bertz CT molecular complexity index is 697. The van der Waals surface area contributed by atoms with E-state index in [1.54, 1.807) is 41.3 Å². The molecule has 2 aromatic rings. The zero-order chi connectivity index (χ0) is 16.2. The molecule has 0 aliphatic heterocycles. The predicted octanol–water partition coefficient (Wildman–Crippen LogP) is 4.09. The third-order valence-corrected chi connectivity index (χ3v) is 4.17. The third-order valence-electron chi connectivity index (χ3n) is 4.17. The maximum Gasteiger partial charge on any atom is 0.223 e. The van der Waals surface area contributed by atoms with Crippen molar-refractivity contribution in [2.75, 3.05) is 0 Å². The fourth-order valence-electron chi connectivity index (χ4n) is 2.70. The van der Waals surface area contributed by atoms with Crippen molar-refractivity contribution >= 4 is 5.91 Å². The predicted molar refractivity (Wildman–Crippen MR) is 84.7 cm³/mol. The molecule has 0 heterocycles. The van der Waals surface area contributed by atoms with Crippen LogP contribution in [0.5, 0.6) is 0 Å². The number of carbonyl (C=O) groups excluding carboxylic acids is 1. The van der Waals surface area contributed by atoms with Crippen LogP contribution in [0.4, 0.5) is 8.78 Å². The highest BCUT2D eigenvalue weighted by Gasteiger charge is 2.32. The third kappa shape index (κ3) is 3.95. The van der Waals surface area contributed by atoms with Gasteiger partial charge in [0.05, 0.1) is 0 Å². The Morgan fingerprint density at radius 2 is 1.52 bits per heavy atom. The summed E-state index contributed by atoms with van der Waals surface area (Å²) in [7, 11) is 0. The minimum Gasteiger partial charge on any atom is -0.335 e. The molecule has 1 amide bonds. The summed E-state index contributed by atoms with van der Waals surface area (Å²) in [5.74, 6) is -0.619. The largest absolute Gasteiger partial charge is 0.335 e. The lowest BCUT2D eigenvalue weighted by molar-refractivity contribution is -0.132. The molecule has 3 rings (SSSR count). The first kappa shape index (κ1) is 15.7. The van der Waals surface area contributed by atoms with Crippen LogP contribution >= 0.6 is 0 Å². The maximum atomic E-state index is 13.8. The van der Waals surface area contributed by atoms with Crippen LogP contribution in [0.2, 0.25) is 0 Å². The van der Waals surface area contributed by atoms with E-state index in [4.69, 9.17) is 0 Å². The van der Waals surface area contributed by atoms with Gasteiger partial charge in [0.25, 0.3) is 0 Å². The van der Waals surface area contributed by atoms with Gasteiger partial charge in [-0.15, -0.1) is 0 Å². The summed E-state index contributed by atoms with van der Waals surface area (Å²) in [5.41, 5.74) is 1.07. The molecule has 0 atom stereocenters. The molecule has 1 fully saturated rings. The van der Waals surface area contributed by atoms with Crippen molar-refractivity contribution in [3.8, 4) is 0 Å². The Hall–Kier alpha value is -2.23.